The number of ether oxygens (including phenoxy) is 2. The summed E-state index contributed by atoms with van der Waals surface area (Å²) in [5.41, 5.74) is 6.58. The molecule has 0 saturated carbocycles. The van der Waals surface area contributed by atoms with E-state index in [0.717, 1.165) is 18.4 Å². The topological polar surface area (TPSA) is 44.5 Å². The fourth-order valence-corrected chi connectivity index (χ4v) is 1.99. The quantitative estimate of drug-likeness (QED) is 0.771. The van der Waals surface area contributed by atoms with E-state index in [4.69, 9.17) is 26.8 Å². The first kappa shape index (κ1) is 15.1. The molecule has 1 aromatic carbocycles. The van der Waals surface area contributed by atoms with Crippen LogP contribution < -0.4 is 15.2 Å². The van der Waals surface area contributed by atoms with Gasteiger partial charge in [0.25, 0.3) is 0 Å². The molecular formula is C14H22ClNO2. The van der Waals surface area contributed by atoms with Gasteiger partial charge in [0.2, 0.25) is 0 Å². The van der Waals surface area contributed by atoms with Gasteiger partial charge in [-0.3, -0.25) is 0 Å². The van der Waals surface area contributed by atoms with Crippen LogP contribution in [0.4, 0.5) is 0 Å². The fraction of sp³-hybridized carbons (Fsp3) is 0.571. The van der Waals surface area contributed by atoms with Crippen molar-refractivity contribution < 1.29 is 9.47 Å². The van der Waals surface area contributed by atoms with Gasteiger partial charge in [-0.1, -0.05) is 25.4 Å². The normalized spacial score (nSPS) is 10.8. The summed E-state index contributed by atoms with van der Waals surface area (Å²) in [5, 5.41) is 0.613. The summed E-state index contributed by atoms with van der Waals surface area (Å²) in [6.45, 7) is 5.46. The van der Waals surface area contributed by atoms with E-state index in [-0.39, 0.29) is 0 Å². The maximum absolute atomic E-state index is 5.99. The Morgan fingerprint density at radius 2 is 2.06 bits per heavy atom. The lowest BCUT2D eigenvalue weighted by Crippen LogP contribution is -2.06. The van der Waals surface area contributed by atoms with E-state index in [1.807, 2.05) is 6.07 Å². The molecule has 1 rings (SSSR count). The smallest absolute Gasteiger partial charge is 0.165 e. The van der Waals surface area contributed by atoms with E-state index < -0.39 is 0 Å². The summed E-state index contributed by atoms with van der Waals surface area (Å²) in [7, 11) is 1.60. The van der Waals surface area contributed by atoms with Crippen molar-refractivity contribution >= 4 is 11.6 Å². The Kier molecular flexibility index (Phi) is 6.30. The Labute approximate surface area is 114 Å². The monoisotopic (exact) mass is 271 g/mol. The zero-order chi connectivity index (χ0) is 13.5. The second kappa shape index (κ2) is 7.49. The molecule has 0 amide bonds. The highest BCUT2D eigenvalue weighted by Gasteiger charge is 2.11. The molecule has 0 bridgehead atoms. The van der Waals surface area contributed by atoms with E-state index in [0.29, 0.717) is 35.6 Å². The molecule has 0 aliphatic carbocycles. The molecule has 0 spiro atoms. The molecule has 0 unspecified atom stereocenters. The number of benzene rings is 1. The number of nitrogens with two attached hydrogens (primary N) is 1. The van der Waals surface area contributed by atoms with Gasteiger partial charge < -0.3 is 15.2 Å². The number of hydrogen-bond acceptors (Lipinski definition) is 3. The van der Waals surface area contributed by atoms with Gasteiger partial charge in [0.1, 0.15) is 0 Å². The molecule has 0 aromatic heterocycles. The predicted octanol–water partition coefficient (Wildman–Crippen LogP) is 3.62. The first-order valence-electron chi connectivity index (χ1n) is 6.27. The van der Waals surface area contributed by atoms with Crippen LogP contribution in [0, 0.1) is 5.92 Å². The van der Waals surface area contributed by atoms with Crippen molar-refractivity contribution in [3.8, 4) is 11.5 Å². The number of hydrogen-bond donors (Lipinski definition) is 1. The minimum Gasteiger partial charge on any atom is -0.493 e. The molecule has 0 fully saturated rings. The third kappa shape index (κ3) is 4.39. The van der Waals surface area contributed by atoms with Crippen molar-refractivity contribution in [3.05, 3.63) is 22.7 Å². The Hall–Kier alpha value is -0.930. The van der Waals surface area contributed by atoms with Gasteiger partial charge in [0.15, 0.2) is 11.5 Å². The SMILES string of the molecule is COc1cc(Cl)cc(CN)c1OCCCC(C)C. The molecule has 0 atom stereocenters. The molecule has 18 heavy (non-hydrogen) atoms. The van der Waals surface area contributed by atoms with Crippen LogP contribution in [0.25, 0.3) is 0 Å². The van der Waals surface area contributed by atoms with Crippen molar-refractivity contribution in [2.45, 2.75) is 33.2 Å². The average Bonchev–Trinajstić information content (AvgIpc) is 2.34. The van der Waals surface area contributed by atoms with Crippen LogP contribution in [0.3, 0.4) is 0 Å². The lowest BCUT2D eigenvalue weighted by molar-refractivity contribution is 0.277. The fourth-order valence-electron chi connectivity index (χ4n) is 1.76. The molecule has 102 valence electrons. The van der Waals surface area contributed by atoms with Crippen LogP contribution in [0.2, 0.25) is 5.02 Å². The Bertz CT molecular complexity index is 355. The summed E-state index contributed by atoms with van der Waals surface area (Å²) in [5.74, 6) is 2.05. The molecular weight excluding hydrogens is 250 g/mol. The number of methoxy groups -OCH3 is 1. The third-order valence-corrected chi connectivity index (χ3v) is 2.93. The standard InChI is InChI=1S/C14H22ClNO2/c1-10(2)5-4-6-18-14-11(9-16)7-12(15)8-13(14)17-3/h7-8,10H,4-6,9,16H2,1-3H3. The minimum atomic E-state index is 0.385. The Balaban J connectivity index is 2.73. The van der Waals surface area contributed by atoms with Crippen molar-refractivity contribution in [2.75, 3.05) is 13.7 Å². The summed E-state index contributed by atoms with van der Waals surface area (Å²) in [6.07, 6.45) is 2.17. The van der Waals surface area contributed by atoms with E-state index >= 15 is 0 Å². The summed E-state index contributed by atoms with van der Waals surface area (Å²) < 4.78 is 11.1. The molecule has 4 heteroatoms. The molecule has 0 radical (unpaired) electrons. The maximum atomic E-state index is 5.99. The lowest BCUT2D eigenvalue weighted by Gasteiger charge is -2.15. The van der Waals surface area contributed by atoms with Gasteiger partial charge in [-0.15, -0.1) is 0 Å². The highest BCUT2D eigenvalue weighted by atomic mass is 35.5. The van der Waals surface area contributed by atoms with Crippen LogP contribution in [0.1, 0.15) is 32.3 Å². The highest BCUT2D eigenvalue weighted by Crippen LogP contribution is 2.34. The summed E-state index contributed by atoms with van der Waals surface area (Å²) in [4.78, 5) is 0. The Morgan fingerprint density at radius 1 is 1.33 bits per heavy atom. The molecule has 0 heterocycles. The second-order valence-corrected chi connectivity index (χ2v) is 5.12. The van der Waals surface area contributed by atoms with E-state index in [1.165, 1.54) is 0 Å². The number of halogens is 1. The van der Waals surface area contributed by atoms with Crippen LogP contribution in [-0.4, -0.2) is 13.7 Å². The van der Waals surface area contributed by atoms with Gasteiger partial charge in [-0.05, 0) is 24.8 Å². The maximum Gasteiger partial charge on any atom is 0.165 e. The van der Waals surface area contributed by atoms with Crippen molar-refractivity contribution in [2.24, 2.45) is 11.7 Å². The van der Waals surface area contributed by atoms with E-state index in [1.54, 1.807) is 13.2 Å². The minimum absolute atomic E-state index is 0.385. The van der Waals surface area contributed by atoms with Gasteiger partial charge >= 0.3 is 0 Å². The first-order chi connectivity index (χ1) is 8.58. The molecule has 1 aromatic rings. The molecule has 0 saturated heterocycles. The molecule has 0 aliphatic heterocycles. The van der Waals surface area contributed by atoms with Crippen molar-refractivity contribution in [1.82, 2.24) is 0 Å². The van der Waals surface area contributed by atoms with Crippen LogP contribution >= 0.6 is 11.6 Å². The van der Waals surface area contributed by atoms with Crippen LogP contribution in [0.15, 0.2) is 12.1 Å². The van der Waals surface area contributed by atoms with Gasteiger partial charge in [-0.2, -0.15) is 0 Å². The summed E-state index contributed by atoms with van der Waals surface area (Å²) in [6, 6.07) is 3.57. The van der Waals surface area contributed by atoms with Crippen molar-refractivity contribution in [3.63, 3.8) is 0 Å². The largest absolute Gasteiger partial charge is 0.493 e. The highest BCUT2D eigenvalue weighted by molar-refractivity contribution is 6.30. The average molecular weight is 272 g/mol. The van der Waals surface area contributed by atoms with Gasteiger partial charge in [0, 0.05) is 23.2 Å². The first-order valence-corrected chi connectivity index (χ1v) is 6.65. The van der Waals surface area contributed by atoms with Crippen LogP contribution in [-0.2, 0) is 6.54 Å². The molecule has 2 N–H and O–H groups in total. The number of rotatable bonds is 7. The molecule has 0 aliphatic rings. The molecule has 3 nitrogen and oxygen atoms in total. The van der Waals surface area contributed by atoms with Crippen molar-refractivity contribution in [1.29, 1.82) is 0 Å². The van der Waals surface area contributed by atoms with E-state index in [9.17, 15) is 0 Å². The predicted molar refractivity (Wildman–Crippen MR) is 75.5 cm³/mol. The lowest BCUT2D eigenvalue weighted by atomic mass is 10.1. The third-order valence-electron chi connectivity index (χ3n) is 2.71. The zero-order valence-electron chi connectivity index (χ0n) is 11.3. The van der Waals surface area contributed by atoms with Gasteiger partial charge in [-0.25, -0.2) is 0 Å². The zero-order valence-corrected chi connectivity index (χ0v) is 12.1. The Morgan fingerprint density at radius 3 is 2.61 bits per heavy atom. The van der Waals surface area contributed by atoms with Gasteiger partial charge in [0.05, 0.1) is 13.7 Å². The van der Waals surface area contributed by atoms with Crippen LogP contribution in [0.5, 0.6) is 11.5 Å². The summed E-state index contributed by atoms with van der Waals surface area (Å²) >= 11 is 5.99. The van der Waals surface area contributed by atoms with E-state index in [2.05, 4.69) is 13.8 Å². The second-order valence-electron chi connectivity index (χ2n) is 4.68.